The largest absolute Gasteiger partial charge is 0.389 e. The van der Waals surface area contributed by atoms with E-state index >= 15 is 0 Å². The zero-order chi connectivity index (χ0) is 10.3. The monoisotopic (exact) mass is 177 g/mol. The van der Waals surface area contributed by atoms with Gasteiger partial charge in [0.25, 0.3) is 0 Å². The summed E-state index contributed by atoms with van der Waals surface area (Å²) in [5.74, 6) is -1.01. The highest BCUT2D eigenvalue weighted by molar-refractivity contribution is 4.97. The molecule has 72 valence electrons. The van der Waals surface area contributed by atoms with Gasteiger partial charge in [-0.25, -0.2) is 0 Å². The first-order valence-corrected chi connectivity index (χ1v) is 4.10. The average Bonchev–Trinajstić information content (AvgIpc) is 2.00. The predicted octanol–water partition coefficient (Wildman–Crippen LogP) is -0.418. The second-order valence-corrected chi connectivity index (χ2v) is 4.08. The van der Waals surface area contributed by atoms with E-state index in [0.29, 0.717) is 6.42 Å². The van der Waals surface area contributed by atoms with Gasteiger partial charge >= 0.3 is 0 Å². The molecule has 4 N–H and O–H groups in total. The molecule has 1 fully saturated rings. The molecule has 0 radical (unpaired) electrons. The van der Waals surface area contributed by atoms with Crippen LogP contribution in [0.1, 0.15) is 27.2 Å². The topological polar surface area (TPSA) is 75.7 Å². The number of ether oxygens (including phenoxy) is 1. The van der Waals surface area contributed by atoms with Crippen LogP contribution in [0, 0.1) is 0 Å². The number of rotatable bonds is 1. The lowest BCUT2D eigenvalue weighted by Crippen LogP contribution is -2.63. The van der Waals surface area contributed by atoms with Crippen LogP contribution in [0.4, 0.5) is 0 Å². The fourth-order valence-electron chi connectivity index (χ4n) is 1.83. The summed E-state index contributed by atoms with van der Waals surface area (Å²) < 4.78 is 12.2. The molecule has 4 nitrogen and oxygen atoms in total. The maximum atomic E-state index is 9.67. The van der Waals surface area contributed by atoms with Gasteiger partial charge in [0, 0.05) is 12.0 Å². The maximum Gasteiger partial charge on any atom is 0.214 e. The zero-order valence-corrected chi connectivity index (χ0v) is 7.70. The highest BCUT2D eigenvalue weighted by Gasteiger charge is 2.46. The molecule has 0 amide bonds. The van der Waals surface area contributed by atoms with Crippen LogP contribution >= 0.6 is 0 Å². The van der Waals surface area contributed by atoms with E-state index < -0.39 is 23.5 Å². The Kier molecular flexibility index (Phi) is 1.88. The van der Waals surface area contributed by atoms with Crippen LogP contribution in [-0.4, -0.2) is 35.2 Å². The molecule has 0 aromatic rings. The van der Waals surface area contributed by atoms with E-state index in [0.717, 1.165) is 0 Å². The predicted molar refractivity (Wildman–Crippen MR) is 44.4 cm³/mol. The van der Waals surface area contributed by atoms with Crippen LogP contribution < -0.4 is 5.73 Å². The van der Waals surface area contributed by atoms with Crippen molar-refractivity contribution in [3.8, 4) is 0 Å². The van der Waals surface area contributed by atoms with Crippen molar-refractivity contribution < 1.29 is 15.0 Å². The average molecular weight is 177 g/mol. The summed E-state index contributed by atoms with van der Waals surface area (Å²) >= 11 is 0. The smallest absolute Gasteiger partial charge is 0.214 e. The van der Waals surface area contributed by atoms with Gasteiger partial charge in [0.05, 0.1) is 12.2 Å². The lowest BCUT2D eigenvalue weighted by molar-refractivity contribution is -0.279. The molecule has 0 spiro atoms. The van der Waals surface area contributed by atoms with Crippen LogP contribution in [0.5, 0.6) is 0 Å². The molecule has 4 heteroatoms. The van der Waals surface area contributed by atoms with E-state index in [2.05, 4.69) is 5.11 Å². The van der Waals surface area contributed by atoms with Crippen molar-refractivity contribution in [1.82, 2.24) is 0 Å². The normalized spacial score (nSPS) is 56.6. The van der Waals surface area contributed by atoms with Crippen LogP contribution in [0.15, 0.2) is 0 Å². The minimum Gasteiger partial charge on any atom is -0.389 e. The molecule has 1 saturated heterocycles. The number of aliphatic hydroxyl groups is 2. The van der Waals surface area contributed by atoms with Crippen molar-refractivity contribution in [3.05, 3.63) is 0 Å². The van der Waals surface area contributed by atoms with Gasteiger partial charge < -0.3 is 20.7 Å². The molecule has 1 heterocycles. The summed E-state index contributed by atoms with van der Waals surface area (Å²) in [6.45, 7) is 5.09. The van der Waals surface area contributed by atoms with Crippen molar-refractivity contribution >= 4 is 0 Å². The number of aliphatic hydroxyl groups excluding tert-OH is 1. The first-order chi connectivity index (χ1) is 5.81. The summed E-state index contributed by atoms with van der Waals surface area (Å²) in [5, 5.41) is 14.1. The Morgan fingerprint density at radius 3 is 2.67 bits per heavy atom. The molecule has 0 aromatic carbocycles. The van der Waals surface area contributed by atoms with Crippen LogP contribution in [0.3, 0.4) is 0 Å². The number of hydrogen-bond acceptors (Lipinski definition) is 4. The Bertz CT molecular complexity index is 197. The molecule has 1 aliphatic rings. The second kappa shape index (κ2) is 2.67. The molecule has 0 bridgehead atoms. The molecule has 2 unspecified atom stereocenters. The third kappa shape index (κ3) is 1.77. The minimum absolute atomic E-state index is 0.301. The van der Waals surface area contributed by atoms with Crippen molar-refractivity contribution in [2.45, 2.75) is 50.7 Å². The molecule has 1 rings (SSSR count). The lowest BCUT2D eigenvalue weighted by Gasteiger charge is -2.46. The van der Waals surface area contributed by atoms with E-state index in [4.69, 9.17) is 11.9 Å². The summed E-state index contributed by atoms with van der Waals surface area (Å²) in [4.78, 5) is 0. The number of hydrogen-bond donors (Lipinski definition) is 3. The fraction of sp³-hybridized carbons (Fsp3) is 1.00. The molecule has 0 saturated carbocycles. The SMILES string of the molecule is [3H]O[C@@]1(C)CC(C)(N)C(O)[C@@H](C)O1. The zero-order valence-electron chi connectivity index (χ0n) is 8.70. The van der Waals surface area contributed by atoms with E-state index in [-0.39, 0.29) is 0 Å². The Balaban J connectivity index is 2.81. The standard InChI is InChI=1S/C8H17NO3/c1-5-6(10)7(2,9)4-8(3,11)12-5/h5-6,10-11H,4,9H2,1-3H3/t5-,6?,7?,8-/m1/s1/i11T. The Hall–Kier alpha value is -0.160. The molecule has 0 aromatic heterocycles. The molecule has 12 heavy (non-hydrogen) atoms. The van der Waals surface area contributed by atoms with Gasteiger partial charge in [0.15, 0.2) is 5.79 Å². The summed E-state index contributed by atoms with van der Waals surface area (Å²) in [6.07, 6.45) is -0.843. The summed E-state index contributed by atoms with van der Waals surface area (Å²) in [6, 6.07) is 0. The first kappa shape index (κ1) is 8.44. The van der Waals surface area contributed by atoms with Gasteiger partial charge in [0.2, 0.25) is 1.43 Å². The van der Waals surface area contributed by atoms with E-state index in [1.54, 1.807) is 20.8 Å². The fourth-order valence-corrected chi connectivity index (χ4v) is 1.83. The molecule has 0 aliphatic carbocycles. The van der Waals surface area contributed by atoms with Crippen LogP contribution in [0.25, 0.3) is 0 Å². The van der Waals surface area contributed by atoms with Crippen molar-refractivity contribution in [3.63, 3.8) is 0 Å². The minimum atomic E-state index is -1.01. The van der Waals surface area contributed by atoms with Gasteiger partial charge in [-0.2, -0.15) is 0 Å². The Labute approximate surface area is 73.8 Å². The highest BCUT2D eigenvalue weighted by atomic mass is 16.6. The Morgan fingerprint density at radius 1 is 1.67 bits per heavy atom. The molecular formula is C8H17NO3. The van der Waals surface area contributed by atoms with Crippen molar-refractivity contribution in [2.24, 2.45) is 5.73 Å². The molecule has 1 aliphatic heterocycles. The van der Waals surface area contributed by atoms with Gasteiger partial charge in [-0.05, 0) is 20.8 Å². The third-order valence-electron chi connectivity index (χ3n) is 2.26. The van der Waals surface area contributed by atoms with Gasteiger partial charge in [-0.15, -0.1) is 0 Å². The van der Waals surface area contributed by atoms with Gasteiger partial charge in [-0.1, -0.05) is 0 Å². The van der Waals surface area contributed by atoms with Gasteiger partial charge in [-0.3, -0.25) is 0 Å². The van der Waals surface area contributed by atoms with Crippen molar-refractivity contribution in [1.29, 1.82) is 1.43 Å². The maximum absolute atomic E-state index is 9.67. The molecule has 4 atom stereocenters. The third-order valence-corrected chi connectivity index (χ3v) is 2.26. The number of nitrogens with two attached hydrogens (primary N) is 1. The highest BCUT2D eigenvalue weighted by Crippen LogP contribution is 2.32. The second-order valence-electron chi connectivity index (χ2n) is 4.08. The Morgan fingerprint density at radius 2 is 2.25 bits per heavy atom. The van der Waals surface area contributed by atoms with Gasteiger partial charge in [0.1, 0.15) is 0 Å². The summed E-state index contributed by atoms with van der Waals surface area (Å²) in [7, 11) is 0. The van der Waals surface area contributed by atoms with Crippen LogP contribution in [-0.2, 0) is 4.74 Å². The lowest BCUT2D eigenvalue weighted by atomic mass is 9.83. The van der Waals surface area contributed by atoms with E-state index in [1.807, 2.05) is 0 Å². The van der Waals surface area contributed by atoms with E-state index in [1.165, 1.54) is 0 Å². The quantitative estimate of drug-likeness (QED) is 0.508. The first-order valence-electron chi connectivity index (χ1n) is 4.51. The molecular weight excluding hydrogens is 158 g/mol. The van der Waals surface area contributed by atoms with Crippen molar-refractivity contribution in [2.75, 3.05) is 0 Å². The van der Waals surface area contributed by atoms with E-state index in [9.17, 15) is 5.11 Å². The summed E-state index contributed by atoms with van der Waals surface area (Å²) in [5.41, 5.74) is 5.10. The van der Waals surface area contributed by atoms with Crippen LogP contribution in [0.2, 0.25) is 0 Å².